The van der Waals surface area contributed by atoms with Gasteiger partial charge in [0.1, 0.15) is 0 Å². The molecule has 32 heavy (non-hydrogen) atoms. The molecule has 1 saturated heterocycles. The van der Waals surface area contributed by atoms with E-state index in [1.807, 2.05) is 23.5 Å². The van der Waals surface area contributed by atoms with Crippen molar-refractivity contribution in [2.75, 3.05) is 31.1 Å². The molecule has 5 aromatic rings. The number of rotatable bonds is 3. The third-order valence-electron chi connectivity index (χ3n) is 6.05. The summed E-state index contributed by atoms with van der Waals surface area (Å²) in [6, 6.07) is 18.2. The number of anilines is 1. The van der Waals surface area contributed by atoms with E-state index in [0.29, 0.717) is 31.9 Å². The van der Waals surface area contributed by atoms with Gasteiger partial charge in [-0.2, -0.15) is 0 Å². The van der Waals surface area contributed by atoms with E-state index in [1.165, 1.54) is 17.0 Å². The van der Waals surface area contributed by atoms with Crippen LogP contribution in [-0.2, 0) is 0 Å². The summed E-state index contributed by atoms with van der Waals surface area (Å²) in [5.74, 6) is 1.15. The van der Waals surface area contributed by atoms with Crippen molar-refractivity contribution in [3.8, 4) is 11.3 Å². The Morgan fingerprint density at radius 3 is 2.56 bits per heavy atom. The van der Waals surface area contributed by atoms with Crippen LogP contribution in [0.3, 0.4) is 0 Å². The molecule has 0 atom stereocenters. The van der Waals surface area contributed by atoms with Crippen molar-refractivity contribution < 1.29 is 9.21 Å². The lowest BCUT2D eigenvalue weighted by Gasteiger charge is -2.35. The molecule has 7 nitrogen and oxygen atoms in total. The molecule has 0 spiro atoms. The fourth-order valence-corrected chi connectivity index (χ4v) is 4.37. The van der Waals surface area contributed by atoms with E-state index in [4.69, 9.17) is 9.40 Å². The number of imidazole rings is 1. The van der Waals surface area contributed by atoms with Crippen LogP contribution in [0.25, 0.3) is 27.7 Å². The van der Waals surface area contributed by atoms with Gasteiger partial charge < -0.3 is 14.2 Å². The summed E-state index contributed by atoms with van der Waals surface area (Å²) in [5, 5.41) is 2.42. The van der Waals surface area contributed by atoms with Crippen molar-refractivity contribution in [3.05, 3.63) is 85.2 Å². The highest BCUT2D eigenvalue weighted by atomic mass is 16.3. The fourth-order valence-electron chi connectivity index (χ4n) is 4.37. The van der Waals surface area contributed by atoms with Crippen LogP contribution in [0.15, 0.2) is 83.9 Å². The molecule has 0 radical (unpaired) electrons. The molecule has 0 N–H and O–H groups in total. The van der Waals surface area contributed by atoms with Gasteiger partial charge in [-0.3, -0.25) is 9.20 Å². The van der Waals surface area contributed by atoms with Crippen molar-refractivity contribution in [3.63, 3.8) is 0 Å². The van der Waals surface area contributed by atoms with E-state index in [1.54, 1.807) is 12.1 Å². The number of aromatic nitrogens is 3. The van der Waals surface area contributed by atoms with Crippen molar-refractivity contribution in [2.24, 2.45) is 0 Å². The zero-order chi connectivity index (χ0) is 21.5. The standard InChI is InChI=1S/C25H21N5O2/c31-25(22-6-3-15-32-22)29-13-11-28(12-14-29)23-24-27-17-21(30(24)10-9-26-23)20-8-7-18-4-1-2-5-19(18)16-20/h1-10,15-17H,11-14H2. The first-order valence-corrected chi connectivity index (χ1v) is 10.7. The number of carbonyl (C=O) groups is 1. The number of hydrogen-bond acceptors (Lipinski definition) is 5. The molecule has 6 rings (SSSR count). The number of amides is 1. The average Bonchev–Trinajstić information content (AvgIpc) is 3.54. The van der Waals surface area contributed by atoms with Gasteiger partial charge in [0, 0.05) is 44.1 Å². The second-order valence-electron chi connectivity index (χ2n) is 7.91. The van der Waals surface area contributed by atoms with E-state index in [2.05, 4.69) is 56.7 Å². The normalized spacial score (nSPS) is 14.4. The Morgan fingerprint density at radius 2 is 1.75 bits per heavy atom. The van der Waals surface area contributed by atoms with Gasteiger partial charge in [-0.1, -0.05) is 36.4 Å². The third kappa shape index (κ3) is 3.10. The van der Waals surface area contributed by atoms with Gasteiger partial charge in [-0.05, 0) is 29.0 Å². The maximum atomic E-state index is 12.6. The molecular weight excluding hydrogens is 402 g/mol. The minimum Gasteiger partial charge on any atom is -0.459 e. The number of fused-ring (bicyclic) bond motifs is 2. The second kappa shape index (κ2) is 7.53. The fraction of sp³-hybridized carbons (Fsp3) is 0.160. The van der Waals surface area contributed by atoms with E-state index in [0.717, 1.165) is 22.7 Å². The van der Waals surface area contributed by atoms with E-state index >= 15 is 0 Å². The Bertz CT molecular complexity index is 1420. The molecule has 0 saturated carbocycles. The van der Waals surface area contributed by atoms with Crippen molar-refractivity contribution in [1.82, 2.24) is 19.3 Å². The highest BCUT2D eigenvalue weighted by Gasteiger charge is 2.26. The van der Waals surface area contributed by atoms with Gasteiger partial charge in [-0.15, -0.1) is 0 Å². The number of carbonyl (C=O) groups excluding carboxylic acids is 1. The van der Waals surface area contributed by atoms with E-state index in [9.17, 15) is 4.79 Å². The lowest BCUT2D eigenvalue weighted by molar-refractivity contribution is 0.0714. The van der Waals surface area contributed by atoms with Gasteiger partial charge in [-0.25, -0.2) is 9.97 Å². The molecule has 158 valence electrons. The number of piperazine rings is 1. The molecule has 1 amide bonds. The van der Waals surface area contributed by atoms with Crippen LogP contribution in [0, 0.1) is 0 Å². The van der Waals surface area contributed by atoms with Gasteiger partial charge in [0.15, 0.2) is 17.2 Å². The smallest absolute Gasteiger partial charge is 0.289 e. The van der Waals surface area contributed by atoms with E-state index < -0.39 is 0 Å². The first kappa shape index (κ1) is 18.6. The van der Waals surface area contributed by atoms with Crippen molar-refractivity contribution in [2.45, 2.75) is 0 Å². The summed E-state index contributed by atoms with van der Waals surface area (Å²) in [4.78, 5) is 25.9. The Hall–Kier alpha value is -4.13. The second-order valence-corrected chi connectivity index (χ2v) is 7.91. The molecule has 0 aliphatic carbocycles. The Morgan fingerprint density at radius 1 is 0.906 bits per heavy atom. The molecule has 4 heterocycles. The maximum absolute atomic E-state index is 12.6. The minimum atomic E-state index is -0.0692. The van der Waals surface area contributed by atoms with Gasteiger partial charge >= 0.3 is 0 Å². The van der Waals surface area contributed by atoms with Crippen LogP contribution in [-0.4, -0.2) is 51.4 Å². The average molecular weight is 423 g/mol. The van der Waals surface area contributed by atoms with E-state index in [-0.39, 0.29) is 5.91 Å². The maximum Gasteiger partial charge on any atom is 0.289 e. The van der Waals surface area contributed by atoms with Crippen LogP contribution in [0.5, 0.6) is 0 Å². The lowest BCUT2D eigenvalue weighted by atomic mass is 10.1. The van der Waals surface area contributed by atoms with Gasteiger partial charge in [0.25, 0.3) is 5.91 Å². The van der Waals surface area contributed by atoms with Crippen molar-refractivity contribution >= 4 is 28.1 Å². The molecule has 1 aliphatic heterocycles. The van der Waals surface area contributed by atoms with Crippen molar-refractivity contribution in [1.29, 1.82) is 0 Å². The van der Waals surface area contributed by atoms with Crippen LogP contribution in [0.4, 0.5) is 5.82 Å². The third-order valence-corrected chi connectivity index (χ3v) is 6.05. The topological polar surface area (TPSA) is 66.9 Å². The Kier molecular flexibility index (Phi) is 4.38. The summed E-state index contributed by atoms with van der Waals surface area (Å²) in [6.45, 7) is 2.61. The molecule has 1 aliphatic rings. The number of benzene rings is 2. The van der Waals surface area contributed by atoms with Crippen LogP contribution >= 0.6 is 0 Å². The molecule has 0 bridgehead atoms. The largest absolute Gasteiger partial charge is 0.459 e. The minimum absolute atomic E-state index is 0.0692. The van der Waals surface area contributed by atoms with Gasteiger partial charge in [0.2, 0.25) is 0 Å². The summed E-state index contributed by atoms with van der Waals surface area (Å²) >= 11 is 0. The van der Waals surface area contributed by atoms with Crippen LogP contribution in [0.1, 0.15) is 10.6 Å². The quantitative estimate of drug-likeness (QED) is 0.437. The SMILES string of the molecule is O=C(c1ccco1)N1CCN(c2nccn3c(-c4ccc5ccccc5c4)cnc23)CC1. The summed E-state index contributed by atoms with van der Waals surface area (Å²) < 4.78 is 7.35. The predicted molar refractivity (Wildman–Crippen MR) is 123 cm³/mol. The summed E-state index contributed by atoms with van der Waals surface area (Å²) in [7, 11) is 0. The zero-order valence-corrected chi connectivity index (χ0v) is 17.4. The molecule has 2 aromatic carbocycles. The number of nitrogens with zero attached hydrogens (tertiary/aromatic N) is 5. The first-order chi connectivity index (χ1) is 15.8. The van der Waals surface area contributed by atoms with Crippen LogP contribution in [0.2, 0.25) is 0 Å². The highest BCUT2D eigenvalue weighted by Crippen LogP contribution is 2.28. The lowest BCUT2D eigenvalue weighted by Crippen LogP contribution is -2.49. The van der Waals surface area contributed by atoms with Gasteiger partial charge in [0.05, 0.1) is 18.2 Å². The molecule has 3 aromatic heterocycles. The number of hydrogen-bond donors (Lipinski definition) is 0. The molecule has 0 unspecified atom stereocenters. The summed E-state index contributed by atoms with van der Waals surface area (Å²) in [5.41, 5.74) is 2.96. The Labute approximate surface area is 184 Å². The Balaban J connectivity index is 1.28. The predicted octanol–water partition coefficient (Wildman–Crippen LogP) is 4.10. The molecule has 7 heteroatoms. The van der Waals surface area contributed by atoms with Crippen LogP contribution < -0.4 is 4.90 Å². The molecular formula is C25H21N5O2. The first-order valence-electron chi connectivity index (χ1n) is 10.7. The summed E-state index contributed by atoms with van der Waals surface area (Å²) in [6.07, 6.45) is 7.20. The molecule has 1 fully saturated rings. The highest BCUT2D eigenvalue weighted by molar-refractivity contribution is 5.91. The monoisotopic (exact) mass is 423 g/mol. The number of furan rings is 1. The zero-order valence-electron chi connectivity index (χ0n) is 17.4.